The van der Waals surface area contributed by atoms with Gasteiger partial charge in [-0.3, -0.25) is 0 Å². The first-order valence-electron chi connectivity index (χ1n) is 12.3. The van der Waals surface area contributed by atoms with E-state index in [4.69, 9.17) is 14.9 Å². The van der Waals surface area contributed by atoms with Gasteiger partial charge >= 0.3 is 5.97 Å². The first kappa shape index (κ1) is 25.3. The van der Waals surface area contributed by atoms with E-state index >= 15 is 0 Å². The molecule has 0 saturated heterocycles. The Kier molecular flexibility index (Phi) is 8.28. The molecule has 3 aromatic rings. The van der Waals surface area contributed by atoms with Gasteiger partial charge < -0.3 is 25.1 Å². The number of benzene rings is 1. The van der Waals surface area contributed by atoms with Gasteiger partial charge in [-0.1, -0.05) is 24.6 Å². The summed E-state index contributed by atoms with van der Waals surface area (Å²) in [6, 6.07) is 15.3. The standard InChI is InChI=1S/C28H33N5O3/c1-4-36-28(34)23-17-22(20-13-14-24(30-18-20)33(2)15-16-35-3)25(26(29)19-9-8-10-19)27(32-23)31-21-11-6-5-7-12-21/h5-7,11-14,17-19,29H,4,8-10,15-16H2,1-3H3,(H,31,32). The van der Waals surface area contributed by atoms with Gasteiger partial charge in [0.2, 0.25) is 0 Å². The maximum Gasteiger partial charge on any atom is 0.357 e. The van der Waals surface area contributed by atoms with Crippen molar-refractivity contribution >= 4 is 29.0 Å². The SMILES string of the molecule is CCOC(=O)c1cc(-c2ccc(N(C)CCOC)nc2)c(C(=N)C2CCC2)c(Nc2ccccc2)n1. The molecule has 8 heteroatoms. The molecule has 0 aliphatic heterocycles. The van der Waals surface area contributed by atoms with Crippen LogP contribution in [0.1, 0.15) is 42.2 Å². The number of ether oxygens (including phenoxy) is 2. The zero-order chi connectivity index (χ0) is 25.5. The summed E-state index contributed by atoms with van der Waals surface area (Å²) in [5, 5.41) is 12.4. The minimum absolute atomic E-state index is 0.169. The fraction of sp³-hybridized carbons (Fsp3) is 0.357. The number of hydrogen-bond acceptors (Lipinski definition) is 8. The maximum absolute atomic E-state index is 12.8. The number of carbonyl (C=O) groups is 1. The third-order valence-electron chi connectivity index (χ3n) is 6.40. The van der Waals surface area contributed by atoms with Gasteiger partial charge in [-0.25, -0.2) is 14.8 Å². The minimum Gasteiger partial charge on any atom is -0.461 e. The second-order valence-electron chi connectivity index (χ2n) is 8.85. The van der Waals surface area contributed by atoms with E-state index < -0.39 is 5.97 Å². The van der Waals surface area contributed by atoms with E-state index in [1.807, 2.05) is 54.4 Å². The van der Waals surface area contributed by atoms with Crippen molar-refractivity contribution < 1.29 is 14.3 Å². The summed E-state index contributed by atoms with van der Waals surface area (Å²) in [5.41, 5.74) is 3.78. The number of hydrogen-bond donors (Lipinski definition) is 2. The topological polar surface area (TPSA) is 100 Å². The third kappa shape index (κ3) is 5.71. The van der Waals surface area contributed by atoms with Crippen LogP contribution in [0.4, 0.5) is 17.3 Å². The summed E-state index contributed by atoms with van der Waals surface area (Å²) in [6.07, 6.45) is 4.85. The Morgan fingerprint density at radius 1 is 1.19 bits per heavy atom. The van der Waals surface area contributed by atoms with Crippen LogP contribution >= 0.6 is 0 Å². The first-order valence-corrected chi connectivity index (χ1v) is 12.3. The highest BCUT2D eigenvalue weighted by atomic mass is 16.5. The number of likely N-dealkylation sites (N-methyl/N-ethyl adjacent to an activating group) is 1. The van der Waals surface area contributed by atoms with Crippen LogP contribution in [0.25, 0.3) is 11.1 Å². The predicted octanol–water partition coefficient (Wildman–Crippen LogP) is 5.31. The molecule has 2 heterocycles. The van der Waals surface area contributed by atoms with Crippen LogP contribution in [0.15, 0.2) is 54.7 Å². The Bertz CT molecular complexity index is 1190. The Morgan fingerprint density at radius 2 is 1.97 bits per heavy atom. The Labute approximate surface area is 212 Å². The van der Waals surface area contributed by atoms with Crippen molar-refractivity contribution in [3.63, 3.8) is 0 Å². The summed E-state index contributed by atoms with van der Waals surface area (Å²) >= 11 is 0. The molecule has 2 N–H and O–H groups in total. The van der Waals surface area contributed by atoms with Crippen LogP contribution in [-0.4, -0.2) is 55.6 Å². The van der Waals surface area contributed by atoms with Crippen LogP contribution < -0.4 is 10.2 Å². The number of pyridine rings is 2. The van der Waals surface area contributed by atoms with E-state index in [0.717, 1.165) is 41.9 Å². The molecule has 1 fully saturated rings. The highest BCUT2D eigenvalue weighted by Crippen LogP contribution is 2.38. The van der Waals surface area contributed by atoms with Crippen LogP contribution in [0.5, 0.6) is 0 Å². The highest BCUT2D eigenvalue weighted by Gasteiger charge is 2.29. The van der Waals surface area contributed by atoms with Crippen molar-refractivity contribution in [3.8, 4) is 11.1 Å². The summed E-state index contributed by atoms with van der Waals surface area (Å²) in [7, 11) is 3.64. The molecule has 0 atom stereocenters. The van der Waals surface area contributed by atoms with Crippen molar-refractivity contribution in [1.29, 1.82) is 5.41 Å². The number of aromatic nitrogens is 2. The zero-order valence-electron chi connectivity index (χ0n) is 21.1. The molecule has 36 heavy (non-hydrogen) atoms. The Balaban J connectivity index is 1.83. The van der Waals surface area contributed by atoms with E-state index in [2.05, 4.69) is 15.3 Å². The lowest BCUT2D eigenvalue weighted by Gasteiger charge is -2.28. The number of rotatable bonds is 11. The second-order valence-corrected chi connectivity index (χ2v) is 8.85. The van der Waals surface area contributed by atoms with E-state index in [1.165, 1.54) is 0 Å². The Morgan fingerprint density at radius 3 is 2.58 bits per heavy atom. The van der Waals surface area contributed by atoms with Crippen LogP contribution in [0, 0.1) is 11.3 Å². The smallest absolute Gasteiger partial charge is 0.357 e. The lowest BCUT2D eigenvalue weighted by Crippen LogP contribution is -2.25. The lowest BCUT2D eigenvalue weighted by molar-refractivity contribution is 0.0519. The molecule has 4 rings (SSSR count). The summed E-state index contributed by atoms with van der Waals surface area (Å²) in [5.74, 6) is 0.955. The molecule has 1 saturated carbocycles. The van der Waals surface area contributed by atoms with Gasteiger partial charge in [-0.05, 0) is 55.7 Å². The maximum atomic E-state index is 12.8. The first-order chi connectivity index (χ1) is 17.5. The van der Waals surface area contributed by atoms with Crippen LogP contribution in [-0.2, 0) is 9.47 Å². The van der Waals surface area contributed by atoms with Crippen LogP contribution in [0.3, 0.4) is 0 Å². The van der Waals surface area contributed by atoms with E-state index in [0.29, 0.717) is 30.2 Å². The van der Waals surface area contributed by atoms with Crippen molar-refractivity contribution in [1.82, 2.24) is 9.97 Å². The van der Waals surface area contributed by atoms with Gasteiger partial charge in [0.15, 0.2) is 5.69 Å². The summed E-state index contributed by atoms with van der Waals surface area (Å²) in [6.45, 7) is 3.34. The molecular weight excluding hydrogens is 454 g/mol. The molecule has 0 radical (unpaired) electrons. The predicted molar refractivity (Wildman–Crippen MR) is 142 cm³/mol. The summed E-state index contributed by atoms with van der Waals surface area (Å²) in [4.78, 5) is 24.1. The second kappa shape index (κ2) is 11.8. The number of nitrogens with zero attached hydrogens (tertiary/aromatic N) is 3. The zero-order valence-corrected chi connectivity index (χ0v) is 21.1. The molecule has 188 valence electrons. The van der Waals surface area contributed by atoms with Crippen molar-refractivity contribution in [3.05, 3.63) is 66.0 Å². The van der Waals surface area contributed by atoms with Crippen molar-refractivity contribution in [2.24, 2.45) is 5.92 Å². The quantitative estimate of drug-likeness (QED) is 0.279. The van der Waals surface area contributed by atoms with Gasteiger partial charge in [0.05, 0.1) is 13.2 Å². The fourth-order valence-electron chi connectivity index (χ4n) is 4.12. The van der Waals surface area contributed by atoms with E-state index in [9.17, 15) is 4.79 Å². The number of nitrogens with one attached hydrogen (secondary N) is 2. The molecule has 1 aliphatic carbocycles. The number of esters is 1. The van der Waals surface area contributed by atoms with Crippen LogP contribution in [0.2, 0.25) is 0 Å². The summed E-state index contributed by atoms with van der Waals surface area (Å²) < 4.78 is 10.4. The van der Waals surface area contributed by atoms with Gasteiger partial charge in [-0.2, -0.15) is 0 Å². The van der Waals surface area contributed by atoms with Crippen molar-refractivity contribution in [2.45, 2.75) is 26.2 Å². The number of methoxy groups -OCH3 is 1. The largest absolute Gasteiger partial charge is 0.461 e. The van der Waals surface area contributed by atoms with E-state index in [1.54, 1.807) is 26.3 Å². The molecule has 0 amide bonds. The van der Waals surface area contributed by atoms with Gasteiger partial charge in [0, 0.05) is 55.3 Å². The fourth-order valence-corrected chi connectivity index (χ4v) is 4.12. The molecular formula is C28H33N5O3. The normalized spacial score (nSPS) is 13.1. The van der Waals surface area contributed by atoms with Gasteiger partial charge in [0.1, 0.15) is 11.6 Å². The van der Waals surface area contributed by atoms with E-state index in [-0.39, 0.29) is 18.2 Å². The number of carbonyl (C=O) groups excluding carboxylic acids is 1. The molecule has 2 aromatic heterocycles. The molecule has 8 nitrogen and oxygen atoms in total. The van der Waals surface area contributed by atoms with Gasteiger partial charge in [0.25, 0.3) is 0 Å². The average molecular weight is 488 g/mol. The number of anilines is 3. The average Bonchev–Trinajstić information content (AvgIpc) is 2.86. The third-order valence-corrected chi connectivity index (χ3v) is 6.40. The monoisotopic (exact) mass is 487 g/mol. The molecule has 1 aromatic carbocycles. The van der Waals surface area contributed by atoms with Gasteiger partial charge in [-0.15, -0.1) is 0 Å². The number of para-hydroxylation sites is 1. The molecule has 0 bridgehead atoms. The van der Waals surface area contributed by atoms with Crippen molar-refractivity contribution in [2.75, 3.05) is 44.1 Å². The Hall–Kier alpha value is -3.78. The molecule has 0 unspecified atom stereocenters. The molecule has 0 spiro atoms. The minimum atomic E-state index is -0.500. The highest BCUT2D eigenvalue weighted by molar-refractivity contribution is 6.10. The molecule has 1 aliphatic rings. The lowest BCUT2D eigenvalue weighted by atomic mass is 9.78.